The highest BCUT2D eigenvalue weighted by Crippen LogP contribution is 1.89. The van der Waals surface area contributed by atoms with Crippen molar-refractivity contribution in [1.82, 2.24) is 10.2 Å². The van der Waals surface area contributed by atoms with E-state index in [1.807, 2.05) is 19.1 Å². The molecule has 0 aliphatic heterocycles. The largest absolute Gasteiger partial charge is 0.353 e. The third kappa shape index (κ3) is 8.24. The molecule has 0 bridgehead atoms. The van der Waals surface area contributed by atoms with Crippen molar-refractivity contribution in [2.75, 3.05) is 26.2 Å². The van der Waals surface area contributed by atoms with Gasteiger partial charge in [-0.15, -0.1) is 0 Å². The van der Waals surface area contributed by atoms with Crippen molar-refractivity contribution in [3.63, 3.8) is 0 Å². The molecule has 1 N–H and O–H groups in total. The topological polar surface area (TPSA) is 32.3 Å². The minimum absolute atomic E-state index is 0.0161. The summed E-state index contributed by atoms with van der Waals surface area (Å²) in [6.07, 6.45) is 8.04. The fourth-order valence-electron chi connectivity index (χ4n) is 1.37. The zero-order chi connectivity index (χ0) is 12.2. The molecule has 0 aliphatic rings. The SMILES string of the molecule is CC=CC=CC(=O)NCCCN(CC)CC. The maximum atomic E-state index is 11.3. The van der Waals surface area contributed by atoms with Gasteiger partial charge in [-0.2, -0.15) is 0 Å². The van der Waals surface area contributed by atoms with Crippen molar-refractivity contribution < 1.29 is 4.79 Å². The van der Waals surface area contributed by atoms with Gasteiger partial charge in [-0.25, -0.2) is 0 Å². The molecular weight excluding hydrogens is 200 g/mol. The van der Waals surface area contributed by atoms with Gasteiger partial charge < -0.3 is 10.2 Å². The van der Waals surface area contributed by atoms with Crippen molar-refractivity contribution in [3.8, 4) is 0 Å². The molecule has 0 fully saturated rings. The molecule has 0 heterocycles. The van der Waals surface area contributed by atoms with Gasteiger partial charge in [0.15, 0.2) is 0 Å². The number of allylic oxidation sites excluding steroid dienone is 3. The monoisotopic (exact) mass is 224 g/mol. The molecule has 0 rings (SSSR count). The van der Waals surface area contributed by atoms with E-state index in [1.54, 1.807) is 12.2 Å². The summed E-state index contributed by atoms with van der Waals surface area (Å²) in [7, 11) is 0. The Labute approximate surface area is 99.2 Å². The molecule has 3 nitrogen and oxygen atoms in total. The lowest BCUT2D eigenvalue weighted by atomic mass is 10.3. The molecule has 0 aliphatic carbocycles. The first kappa shape index (κ1) is 14.9. The smallest absolute Gasteiger partial charge is 0.243 e. The first-order chi connectivity index (χ1) is 7.74. The van der Waals surface area contributed by atoms with Gasteiger partial charge in [0.25, 0.3) is 0 Å². The summed E-state index contributed by atoms with van der Waals surface area (Å²) in [5.74, 6) is -0.0161. The molecule has 92 valence electrons. The van der Waals surface area contributed by atoms with Crippen LogP contribution >= 0.6 is 0 Å². The van der Waals surface area contributed by atoms with Gasteiger partial charge in [-0.3, -0.25) is 4.79 Å². The maximum absolute atomic E-state index is 11.3. The normalized spacial score (nSPS) is 11.8. The third-order valence-electron chi connectivity index (χ3n) is 2.40. The number of nitrogens with zero attached hydrogens (tertiary/aromatic N) is 1. The molecule has 0 spiro atoms. The van der Waals surface area contributed by atoms with Crippen LogP contribution in [0.3, 0.4) is 0 Å². The zero-order valence-electron chi connectivity index (χ0n) is 10.7. The second kappa shape index (κ2) is 10.4. The van der Waals surface area contributed by atoms with E-state index in [1.165, 1.54) is 0 Å². The standard InChI is InChI=1S/C13H24N2O/c1-4-7-8-10-13(16)14-11-9-12-15(5-2)6-3/h4,7-8,10H,5-6,9,11-12H2,1-3H3,(H,14,16). The predicted molar refractivity (Wildman–Crippen MR) is 69.4 cm³/mol. The quantitative estimate of drug-likeness (QED) is 0.388. The Bertz CT molecular complexity index is 230. The minimum atomic E-state index is -0.0161. The van der Waals surface area contributed by atoms with Gasteiger partial charge in [0.2, 0.25) is 5.91 Å². The van der Waals surface area contributed by atoms with Crippen LogP contribution in [0.15, 0.2) is 24.3 Å². The number of carbonyl (C=O) groups excluding carboxylic acids is 1. The molecule has 0 atom stereocenters. The Morgan fingerprint density at radius 2 is 1.94 bits per heavy atom. The Morgan fingerprint density at radius 3 is 2.50 bits per heavy atom. The van der Waals surface area contributed by atoms with E-state index >= 15 is 0 Å². The third-order valence-corrected chi connectivity index (χ3v) is 2.40. The predicted octanol–water partition coefficient (Wildman–Crippen LogP) is 1.97. The van der Waals surface area contributed by atoms with Crippen LogP contribution in [0.4, 0.5) is 0 Å². The van der Waals surface area contributed by atoms with E-state index < -0.39 is 0 Å². The Morgan fingerprint density at radius 1 is 1.25 bits per heavy atom. The summed E-state index contributed by atoms with van der Waals surface area (Å²) in [5, 5.41) is 2.86. The number of carbonyl (C=O) groups is 1. The average molecular weight is 224 g/mol. The van der Waals surface area contributed by atoms with Crippen LogP contribution in [0.25, 0.3) is 0 Å². The van der Waals surface area contributed by atoms with E-state index in [2.05, 4.69) is 24.1 Å². The molecule has 0 aromatic rings. The lowest BCUT2D eigenvalue weighted by Crippen LogP contribution is -2.29. The number of hydrogen-bond acceptors (Lipinski definition) is 2. The average Bonchev–Trinajstić information content (AvgIpc) is 2.30. The molecule has 0 unspecified atom stereocenters. The van der Waals surface area contributed by atoms with Crippen molar-refractivity contribution in [1.29, 1.82) is 0 Å². The van der Waals surface area contributed by atoms with Crippen LogP contribution in [0.1, 0.15) is 27.2 Å². The van der Waals surface area contributed by atoms with Crippen LogP contribution in [0, 0.1) is 0 Å². The Hall–Kier alpha value is -1.09. The second-order valence-corrected chi connectivity index (χ2v) is 3.56. The molecule has 0 radical (unpaired) electrons. The summed E-state index contributed by atoms with van der Waals surface area (Å²) in [4.78, 5) is 13.6. The van der Waals surface area contributed by atoms with Gasteiger partial charge in [0.05, 0.1) is 0 Å². The van der Waals surface area contributed by atoms with E-state index in [9.17, 15) is 4.79 Å². The first-order valence-electron chi connectivity index (χ1n) is 6.04. The number of rotatable bonds is 8. The fraction of sp³-hybridized carbons (Fsp3) is 0.615. The molecule has 16 heavy (non-hydrogen) atoms. The van der Waals surface area contributed by atoms with Crippen molar-refractivity contribution in [3.05, 3.63) is 24.3 Å². The lowest BCUT2D eigenvalue weighted by Gasteiger charge is -2.17. The van der Waals surface area contributed by atoms with Crippen LogP contribution in [0.5, 0.6) is 0 Å². The minimum Gasteiger partial charge on any atom is -0.353 e. The van der Waals surface area contributed by atoms with Crippen molar-refractivity contribution in [2.45, 2.75) is 27.2 Å². The summed E-state index contributed by atoms with van der Waals surface area (Å²) < 4.78 is 0. The Kier molecular flexibility index (Phi) is 9.72. The molecule has 0 aromatic carbocycles. The van der Waals surface area contributed by atoms with Crippen LogP contribution in [-0.2, 0) is 4.79 Å². The summed E-state index contributed by atoms with van der Waals surface area (Å²) in [5.41, 5.74) is 0. The van der Waals surface area contributed by atoms with Gasteiger partial charge in [0.1, 0.15) is 0 Å². The molecule has 0 saturated carbocycles. The van der Waals surface area contributed by atoms with Crippen molar-refractivity contribution >= 4 is 5.91 Å². The molecule has 1 amide bonds. The number of hydrogen-bond donors (Lipinski definition) is 1. The Balaban J connectivity index is 3.54. The highest BCUT2D eigenvalue weighted by atomic mass is 16.1. The van der Waals surface area contributed by atoms with Gasteiger partial charge in [0, 0.05) is 12.6 Å². The summed E-state index contributed by atoms with van der Waals surface area (Å²) >= 11 is 0. The van der Waals surface area contributed by atoms with Crippen LogP contribution < -0.4 is 5.32 Å². The van der Waals surface area contributed by atoms with E-state index in [-0.39, 0.29) is 5.91 Å². The molecule has 0 aromatic heterocycles. The van der Waals surface area contributed by atoms with Gasteiger partial charge in [-0.1, -0.05) is 32.1 Å². The molecule has 0 saturated heterocycles. The molecule has 3 heteroatoms. The zero-order valence-corrected chi connectivity index (χ0v) is 10.7. The van der Waals surface area contributed by atoms with Crippen molar-refractivity contribution in [2.24, 2.45) is 0 Å². The van der Waals surface area contributed by atoms with Gasteiger partial charge in [-0.05, 0) is 33.0 Å². The maximum Gasteiger partial charge on any atom is 0.243 e. The fourth-order valence-corrected chi connectivity index (χ4v) is 1.37. The van der Waals surface area contributed by atoms with E-state index in [0.717, 1.165) is 32.6 Å². The van der Waals surface area contributed by atoms with E-state index in [4.69, 9.17) is 0 Å². The second-order valence-electron chi connectivity index (χ2n) is 3.56. The van der Waals surface area contributed by atoms with Gasteiger partial charge >= 0.3 is 0 Å². The van der Waals surface area contributed by atoms with Crippen LogP contribution in [-0.4, -0.2) is 37.0 Å². The summed E-state index contributed by atoms with van der Waals surface area (Å²) in [6.45, 7) is 10.2. The molecular formula is C13H24N2O. The first-order valence-corrected chi connectivity index (χ1v) is 6.04. The highest BCUT2D eigenvalue weighted by molar-refractivity contribution is 5.87. The lowest BCUT2D eigenvalue weighted by molar-refractivity contribution is -0.116. The number of amides is 1. The van der Waals surface area contributed by atoms with Crippen LogP contribution in [0.2, 0.25) is 0 Å². The van der Waals surface area contributed by atoms with E-state index in [0.29, 0.717) is 0 Å². The summed E-state index contributed by atoms with van der Waals surface area (Å²) in [6, 6.07) is 0. The number of nitrogens with one attached hydrogen (secondary N) is 1. The highest BCUT2D eigenvalue weighted by Gasteiger charge is 1.98.